The van der Waals surface area contributed by atoms with E-state index in [1.54, 1.807) is 43.5 Å². The number of nitrogens with zero attached hydrogens (tertiary/aromatic N) is 1. The van der Waals surface area contributed by atoms with E-state index in [4.69, 9.17) is 4.74 Å². The first-order valence-corrected chi connectivity index (χ1v) is 8.16. The van der Waals surface area contributed by atoms with Crippen molar-refractivity contribution in [1.29, 1.82) is 0 Å². The second-order valence-electron chi connectivity index (χ2n) is 5.10. The summed E-state index contributed by atoms with van der Waals surface area (Å²) in [5.74, 6) is 0.307. The number of ether oxygens (including phenoxy) is 1. The van der Waals surface area contributed by atoms with Crippen LogP contribution in [0.2, 0.25) is 0 Å². The molecule has 0 spiro atoms. The van der Waals surface area contributed by atoms with Crippen LogP contribution in [-0.2, 0) is 11.2 Å². The van der Waals surface area contributed by atoms with Gasteiger partial charge in [0.05, 0.1) is 19.2 Å². The van der Waals surface area contributed by atoms with Crippen LogP contribution in [0.15, 0.2) is 53.9 Å². The SMILES string of the molecule is COc1ccc(NC(=O)Cc2csc(-c3ccc(F)cc3)n2)cc1. The number of aromatic nitrogens is 1. The van der Waals surface area contributed by atoms with Crippen molar-refractivity contribution in [2.24, 2.45) is 0 Å². The van der Waals surface area contributed by atoms with Crippen molar-refractivity contribution >= 4 is 22.9 Å². The van der Waals surface area contributed by atoms with E-state index in [9.17, 15) is 9.18 Å². The molecule has 0 aliphatic carbocycles. The smallest absolute Gasteiger partial charge is 0.230 e. The molecule has 4 nitrogen and oxygen atoms in total. The molecule has 24 heavy (non-hydrogen) atoms. The van der Waals surface area contributed by atoms with Gasteiger partial charge < -0.3 is 10.1 Å². The molecule has 3 aromatic rings. The van der Waals surface area contributed by atoms with Crippen molar-refractivity contribution in [1.82, 2.24) is 4.98 Å². The van der Waals surface area contributed by atoms with Crippen LogP contribution < -0.4 is 10.1 Å². The van der Waals surface area contributed by atoms with Gasteiger partial charge in [-0.25, -0.2) is 9.37 Å². The van der Waals surface area contributed by atoms with Gasteiger partial charge in [-0.15, -0.1) is 11.3 Å². The van der Waals surface area contributed by atoms with Gasteiger partial charge in [0, 0.05) is 16.6 Å². The molecule has 0 fully saturated rings. The van der Waals surface area contributed by atoms with Crippen LogP contribution in [-0.4, -0.2) is 18.0 Å². The van der Waals surface area contributed by atoms with E-state index in [0.717, 1.165) is 16.3 Å². The highest BCUT2D eigenvalue weighted by molar-refractivity contribution is 7.13. The summed E-state index contributed by atoms with van der Waals surface area (Å²) in [6.07, 6.45) is 0.184. The van der Waals surface area contributed by atoms with Crippen LogP contribution in [0.5, 0.6) is 5.75 Å². The summed E-state index contributed by atoms with van der Waals surface area (Å²) in [4.78, 5) is 16.5. The third-order valence-corrected chi connectivity index (χ3v) is 4.30. The standard InChI is InChI=1S/C18H15FN2O2S/c1-23-16-8-6-14(7-9-16)20-17(22)10-15-11-24-18(21-15)12-2-4-13(19)5-3-12/h2-9,11H,10H2,1H3,(H,20,22). The van der Waals surface area contributed by atoms with Gasteiger partial charge >= 0.3 is 0 Å². The molecule has 122 valence electrons. The highest BCUT2D eigenvalue weighted by Crippen LogP contribution is 2.24. The summed E-state index contributed by atoms with van der Waals surface area (Å²) >= 11 is 1.43. The van der Waals surface area contributed by atoms with Crippen molar-refractivity contribution in [3.05, 3.63) is 65.4 Å². The van der Waals surface area contributed by atoms with Crippen LogP contribution in [0, 0.1) is 5.82 Å². The van der Waals surface area contributed by atoms with Crippen molar-refractivity contribution in [3.8, 4) is 16.3 Å². The monoisotopic (exact) mass is 342 g/mol. The normalized spacial score (nSPS) is 10.4. The molecule has 0 saturated carbocycles. The van der Waals surface area contributed by atoms with Crippen LogP contribution >= 0.6 is 11.3 Å². The number of hydrogen-bond donors (Lipinski definition) is 1. The first-order valence-electron chi connectivity index (χ1n) is 7.28. The Morgan fingerprint density at radius 1 is 1.17 bits per heavy atom. The van der Waals surface area contributed by atoms with Crippen molar-refractivity contribution in [2.75, 3.05) is 12.4 Å². The number of benzene rings is 2. The lowest BCUT2D eigenvalue weighted by molar-refractivity contribution is -0.115. The van der Waals surface area contributed by atoms with Gasteiger partial charge in [0.15, 0.2) is 0 Å². The summed E-state index contributed by atoms with van der Waals surface area (Å²) in [6.45, 7) is 0. The number of anilines is 1. The number of amides is 1. The molecule has 0 unspecified atom stereocenters. The molecule has 6 heteroatoms. The molecule has 0 aliphatic heterocycles. The van der Waals surface area contributed by atoms with E-state index < -0.39 is 0 Å². The Bertz CT molecular complexity index is 829. The molecule has 1 heterocycles. The molecule has 0 bridgehead atoms. The summed E-state index contributed by atoms with van der Waals surface area (Å²) < 4.78 is 18.0. The van der Waals surface area contributed by atoms with Gasteiger partial charge in [0.1, 0.15) is 16.6 Å². The molecule has 1 N–H and O–H groups in total. The number of methoxy groups -OCH3 is 1. The van der Waals surface area contributed by atoms with Crippen molar-refractivity contribution in [3.63, 3.8) is 0 Å². The largest absolute Gasteiger partial charge is 0.497 e. The third kappa shape index (κ3) is 3.97. The van der Waals surface area contributed by atoms with Gasteiger partial charge in [-0.1, -0.05) is 0 Å². The minimum Gasteiger partial charge on any atom is -0.497 e. The van der Waals surface area contributed by atoms with Crippen molar-refractivity contribution < 1.29 is 13.9 Å². The Hall–Kier alpha value is -2.73. The van der Waals surface area contributed by atoms with Crippen molar-refractivity contribution in [2.45, 2.75) is 6.42 Å². The molecule has 0 saturated heterocycles. The maximum Gasteiger partial charge on any atom is 0.230 e. The summed E-state index contributed by atoms with van der Waals surface area (Å²) in [6, 6.07) is 13.3. The molecule has 2 aromatic carbocycles. The first-order chi connectivity index (χ1) is 11.6. The van der Waals surface area contributed by atoms with Crippen LogP contribution in [0.4, 0.5) is 10.1 Å². The quantitative estimate of drug-likeness (QED) is 0.758. The highest BCUT2D eigenvalue weighted by atomic mass is 32.1. The highest BCUT2D eigenvalue weighted by Gasteiger charge is 2.09. The molecular formula is C18H15FN2O2S. The van der Waals surface area contributed by atoms with Gasteiger partial charge in [-0.05, 0) is 48.5 Å². The first kappa shape index (κ1) is 16.1. The lowest BCUT2D eigenvalue weighted by Gasteiger charge is -2.05. The minimum absolute atomic E-state index is 0.142. The third-order valence-electron chi connectivity index (χ3n) is 3.36. The van der Waals surface area contributed by atoms with E-state index in [1.165, 1.54) is 23.5 Å². The predicted octanol–water partition coefficient (Wildman–Crippen LogP) is 4.14. The number of nitrogens with one attached hydrogen (secondary N) is 1. The zero-order valence-electron chi connectivity index (χ0n) is 13.0. The van der Waals surface area contributed by atoms with Crippen LogP contribution in [0.1, 0.15) is 5.69 Å². The molecule has 1 aromatic heterocycles. The Kier molecular flexibility index (Phi) is 4.86. The second-order valence-corrected chi connectivity index (χ2v) is 5.96. The van der Waals surface area contributed by atoms with E-state index in [0.29, 0.717) is 11.4 Å². The van der Waals surface area contributed by atoms with E-state index in [-0.39, 0.29) is 18.1 Å². The maximum atomic E-state index is 13.0. The topological polar surface area (TPSA) is 51.2 Å². The van der Waals surface area contributed by atoms with E-state index in [2.05, 4.69) is 10.3 Å². The number of thiazole rings is 1. The average molecular weight is 342 g/mol. The summed E-state index contributed by atoms with van der Waals surface area (Å²) in [5.41, 5.74) is 2.23. The second kappa shape index (κ2) is 7.23. The fourth-order valence-electron chi connectivity index (χ4n) is 2.16. The van der Waals surface area contributed by atoms with E-state index >= 15 is 0 Å². The number of carbonyl (C=O) groups excluding carboxylic acids is 1. The van der Waals surface area contributed by atoms with Gasteiger partial charge in [0.25, 0.3) is 0 Å². The zero-order chi connectivity index (χ0) is 16.9. The summed E-state index contributed by atoms with van der Waals surface area (Å²) in [5, 5.41) is 5.42. The fraction of sp³-hybridized carbons (Fsp3) is 0.111. The zero-order valence-corrected chi connectivity index (χ0v) is 13.8. The van der Waals surface area contributed by atoms with Gasteiger partial charge in [0.2, 0.25) is 5.91 Å². The number of halogens is 1. The van der Waals surface area contributed by atoms with Crippen LogP contribution in [0.3, 0.4) is 0 Å². The molecule has 0 atom stereocenters. The Morgan fingerprint density at radius 3 is 2.54 bits per heavy atom. The van der Waals surface area contributed by atoms with Gasteiger partial charge in [-0.3, -0.25) is 4.79 Å². The predicted molar refractivity (Wildman–Crippen MR) is 92.8 cm³/mol. The van der Waals surface area contributed by atoms with Gasteiger partial charge in [-0.2, -0.15) is 0 Å². The van der Waals surface area contributed by atoms with Crippen LogP contribution in [0.25, 0.3) is 10.6 Å². The average Bonchev–Trinajstić information content (AvgIpc) is 3.04. The lowest BCUT2D eigenvalue weighted by Crippen LogP contribution is -2.14. The fourth-order valence-corrected chi connectivity index (χ4v) is 2.98. The molecule has 0 radical (unpaired) electrons. The Labute approximate surface area is 142 Å². The molecule has 0 aliphatic rings. The number of rotatable bonds is 5. The summed E-state index contributed by atoms with van der Waals surface area (Å²) in [7, 11) is 1.59. The maximum absolute atomic E-state index is 13.0. The molecule has 1 amide bonds. The number of carbonyl (C=O) groups is 1. The molecular weight excluding hydrogens is 327 g/mol. The lowest BCUT2D eigenvalue weighted by atomic mass is 10.2. The Morgan fingerprint density at radius 2 is 1.88 bits per heavy atom. The molecule has 3 rings (SSSR count). The number of hydrogen-bond acceptors (Lipinski definition) is 4. The van der Waals surface area contributed by atoms with E-state index in [1.807, 2.05) is 5.38 Å². The Balaban J connectivity index is 1.63. The minimum atomic E-state index is -0.283.